The molecule has 0 aliphatic carbocycles. The average Bonchev–Trinajstić information content (AvgIpc) is 2.98. The van der Waals surface area contributed by atoms with Gasteiger partial charge in [0.15, 0.2) is 5.13 Å². The molecule has 1 saturated heterocycles. The minimum Gasteiger partial charge on any atom is -0.450 e. The predicted molar refractivity (Wildman–Crippen MR) is 89.9 cm³/mol. The second-order valence-corrected chi connectivity index (χ2v) is 6.52. The molecule has 1 fully saturated rings. The van der Waals surface area contributed by atoms with Crippen LogP contribution in [-0.4, -0.2) is 48.8 Å². The van der Waals surface area contributed by atoms with E-state index in [9.17, 15) is 4.79 Å². The van der Waals surface area contributed by atoms with E-state index in [1.165, 1.54) is 15.8 Å². The summed E-state index contributed by atoms with van der Waals surface area (Å²) in [7, 11) is 0. The summed E-state index contributed by atoms with van der Waals surface area (Å²) in [5, 5.41) is 1.05. The van der Waals surface area contributed by atoms with Gasteiger partial charge in [-0.1, -0.05) is 23.5 Å². The lowest BCUT2D eigenvalue weighted by atomic mass is 10.1. The van der Waals surface area contributed by atoms with Crippen molar-refractivity contribution in [3.8, 4) is 0 Å². The van der Waals surface area contributed by atoms with E-state index >= 15 is 0 Å². The third-order valence-corrected chi connectivity index (χ3v) is 5.26. The van der Waals surface area contributed by atoms with Gasteiger partial charge in [0, 0.05) is 26.2 Å². The second-order valence-electron chi connectivity index (χ2n) is 5.55. The molecule has 0 unspecified atom stereocenters. The van der Waals surface area contributed by atoms with Crippen LogP contribution in [0.2, 0.25) is 0 Å². The maximum atomic E-state index is 11.7. The summed E-state index contributed by atoms with van der Waals surface area (Å²) < 4.78 is 6.32. The molecule has 118 valence electrons. The van der Waals surface area contributed by atoms with Crippen LogP contribution in [0.15, 0.2) is 12.1 Å². The monoisotopic (exact) mass is 319 g/mol. The highest BCUT2D eigenvalue weighted by Gasteiger charge is 2.24. The zero-order chi connectivity index (χ0) is 15.7. The number of thiazole rings is 1. The topological polar surface area (TPSA) is 45.7 Å². The number of nitrogens with zero attached hydrogens (tertiary/aromatic N) is 3. The van der Waals surface area contributed by atoms with Crippen LogP contribution in [0.3, 0.4) is 0 Å². The van der Waals surface area contributed by atoms with Crippen LogP contribution >= 0.6 is 11.3 Å². The number of amides is 1. The lowest BCUT2D eigenvalue weighted by Crippen LogP contribution is -2.48. The van der Waals surface area contributed by atoms with Gasteiger partial charge in [-0.2, -0.15) is 0 Å². The maximum Gasteiger partial charge on any atom is 0.409 e. The lowest BCUT2D eigenvalue weighted by Gasteiger charge is -2.33. The molecule has 0 saturated carbocycles. The molecule has 1 aliphatic rings. The van der Waals surface area contributed by atoms with Crippen molar-refractivity contribution in [2.24, 2.45) is 0 Å². The Hall–Kier alpha value is -1.82. The molecule has 2 aromatic rings. The van der Waals surface area contributed by atoms with Crippen LogP contribution in [-0.2, 0) is 4.74 Å². The first-order chi connectivity index (χ1) is 10.6. The number of aromatic nitrogens is 1. The molecular formula is C16H21N3O2S. The number of rotatable bonds is 2. The predicted octanol–water partition coefficient (Wildman–Crippen LogP) is 3.19. The highest BCUT2D eigenvalue weighted by Crippen LogP contribution is 2.33. The standard InChI is InChI=1S/C16H21N3O2S/c1-4-21-16(20)19-9-7-18(8-10-19)15-17-13-11(2)5-6-12(3)14(13)22-15/h5-6H,4,7-10H2,1-3H3. The number of piperazine rings is 1. The van der Waals surface area contributed by atoms with E-state index in [1.54, 1.807) is 16.2 Å². The zero-order valence-electron chi connectivity index (χ0n) is 13.3. The Labute approximate surface area is 134 Å². The summed E-state index contributed by atoms with van der Waals surface area (Å²) in [6.45, 7) is 9.47. The quantitative estimate of drug-likeness (QED) is 0.853. The van der Waals surface area contributed by atoms with Crippen molar-refractivity contribution in [2.45, 2.75) is 20.8 Å². The van der Waals surface area contributed by atoms with Gasteiger partial charge in [0.1, 0.15) is 0 Å². The van der Waals surface area contributed by atoms with E-state index in [2.05, 4.69) is 30.9 Å². The smallest absolute Gasteiger partial charge is 0.409 e. The molecule has 1 aliphatic heterocycles. The molecule has 1 aromatic heterocycles. The minimum atomic E-state index is -0.210. The summed E-state index contributed by atoms with van der Waals surface area (Å²) in [5.41, 5.74) is 3.59. The van der Waals surface area contributed by atoms with E-state index in [0.29, 0.717) is 19.7 Å². The van der Waals surface area contributed by atoms with Gasteiger partial charge < -0.3 is 14.5 Å². The number of anilines is 1. The average molecular weight is 319 g/mol. The molecule has 0 atom stereocenters. The van der Waals surface area contributed by atoms with E-state index < -0.39 is 0 Å². The Morgan fingerprint density at radius 2 is 1.91 bits per heavy atom. The van der Waals surface area contributed by atoms with Gasteiger partial charge in [-0.3, -0.25) is 0 Å². The molecule has 6 heteroatoms. The molecule has 3 rings (SSSR count). The van der Waals surface area contributed by atoms with Crippen molar-refractivity contribution in [1.29, 1.82) is 0 Å². The molecule has 22 heavy (non-hydrogen) atoms. The summed E-state index contributed by atoms with van der Waals surface area (Å²) in [6, 6.07) is 4.28. The fourth-order valence-electron chi connectivity index (χ4n) is 2.68. The number of ether oxygens (including phenoxy) is 1. The van der Waals surface area contributed by atoms with Gasteiger partial charge in [-0.25, -0.2) is 9.78 Å². The molecule has 0 spiro atoms. The van der Waals surface area contributed by atoms with Gasteiger partial charge in [-0.15, -0.1) is 0 Å². The Bertz CT molecular complexity index is 651. The number of carbonyl (C=O) groups is 1. The number of fused-ring (bicyclic) bond motifs is 1. The first-order valence-electron chi connectivity index (χ1n) is 7.63. The Morgan fingerprint density at radius 1 is 1.23 bits per heavy atom. The van der Waals surface area contributed by atoms with Crippen molar-refractivity contribution in [2.75, 3.05) is 37.7 Å². The summed E-state index contributed by atoms with van der Waals surface area (Å²) in [6.07, 6.45) is -0.210. The second kappa shape index (κ2) is 6.12. The Morgan fingerprint density at radius 3 is 2.55 bits per heavy atom. The van der Waals surface area contributed by atoms with Crippen LogP contribution in [0.25, 0.3) is 10.2 Å². The molecule has 0 bridgehead atoms. The van der Waals surface area contributed by atoms with Gasteiger partial charge in [0.05, 0.1) is 16.8 Å². The third kappa shape index (κ3) is 2.75. The van der Waals surface area contributed by atoms with Gasteiger partial charge >= 0.3 is 6.09 Å². The van der Waals surface area contributed by atoms with Crippen LogP contribution in [0.1, 0.15) is 18.1 Å². The fraction of sp³-hybridized carbons (Fsp3) is 0.500. The minimum absolute atomic E-state index is 0.210. The first kappa shape index (κ1) is 15.1. The zero-order valence-corrected chi connectivity index (χ0v) is 14.1. The van der Waals surface area contributed by atoms with Crippen LogP contribution < -0.4 is 4.90 Å². The number of aryl methyl sites for hydroxylation is 2. The normalized spacial score (nSPS) is 15.4. The summed E-state index contributed by atoms with van der Waals surface area (Å²) in [4.78, 5) is 20.6. The van der Waals surface area contributed by atoms with Crippen LogP contribution in [0.4, 0.5) is 9.93 Å². The first-order valence-corrected chi connectivity index (χ1v) is 8.45. The number of carbonyl (C=O) groups excluding carboxylic acids is 1. The van der Waals surface area contributed by atoms with Crippen molar-refractivity contribution in [3.63, 3.8) is 0 Å². The largest absolute Gasteiger partial charge is 0.450 e. The van der Waals surface area contributed by atoms with E-state index in [0.717, 1.165) is 23.7 Å². The highest BCUT2D eigenvalue weighted by molar-refractivity contribution is 7.22. The van der Waals surface area contributed by atoms with Gasteiger partial charge in [-0.05, 0) is 31.9 Å². The van der Waals surface area contributed by atoms with Gasteiger partial charge in [0.25, 0.3) is 0 Å². The Balaban J connectivity index is 1.75. The van der Waals surface area contributed by atoms with Crippen molar-refractivity contribution in [3.05, 3.63) is 23.3 Å². The Kier molecular flexibility index (Phi) is 4.20. The molecule has 2 heterocycles. The third-order valence-electron chi connectivity index (χ3n) is 4.01. The van der Waals surface area contributed by atoms with Crippen molar-refractivity contribution in [1.82, 2.24) is 9.88 Å². The van der Waals surface area contributed by atoms with Crippen LogP contribution in [0.5, 0.6) is 0 Å². The molecule has 5 nitrogen and oxygen atoms in total. The van der Waals surface area contributed by atoms with Crippen LogP contribution in [0, 0.1) is 13.8 Å². The van der Waals surface area contributed by atoms with E-state index in [4.69, 9.17) is 9.72 Å². The fourth-order valence-corrected chi connectivity index (χ4v) is 3.84. The molecule has 1 amide bonds. The number of hydrogen-bond acceptors (Lipinski definition) is 5. The van der Waals surface area contributed by atoms with Gasteiger partial charge in [0.2, 0.25) is 0 Å². The molecular weight excluding hydrogens is 298 g/mol. The lowest BCUT2D eigenvalue weighted by molar-refractivity contribution is 0.105. The highest BCUT2D eigenvalue weighted by atomic mass is 32.1. The maximum absolute atomic E-state index is 11.7. The molecule has 0 radical (unpaired) electrons. The molecule has 0 N–H and O–H groups in total. The number of benzene rings is 1. The summed E-state index contributed by atoms with van der Waals surface area (Å²) >= 11 is 1.74. The molecule has 1 aromatic carbocycles. The SMILES string of the molecule is CCOC(=O)N1CCN(c2nc3c(C)ccc(C)c3s2)CC1. The number of hydrogen-bond donors (Lipinski definition) is 0. The van der Waals surface area contributed by atoms with Crippen molar-refractivity contribution < 1.29 is 9.53 Å². The summed E-state index contributed by atoms with van der Waals surface area (Å²) in [5.74, 6) is 0. The van der Waals surface area contributed by atoms with E-state index in [-0.39, 0.29) is 6.09 Å². The van der Waals surface area contributed by atoms with E-state index in [1.807, 2.05) is 6.92 Å². The van der Waals surface area contributed by atoms with Crippen molar-refractivity contribution >= 4 is 32.8 Å².